The third-order valence-corrected chi connectivity index (χ3v) is 13.2. The average Bonchev–Trinajstić information content (AvgIpc) is 3.33. The molecule has 0 saturated heterocycles. The first-order valence-electron chi connectivity index (χ1n) is 29.3. The molecule has 0 bridgehead atoms. The quantitative estimate of drug-likeness (QED) is 0.0420. The number of hydrogen-bond donors (Lipinski definition) is 3. The van der Waals surface area contributed by atoms with E-state index in [1.165, 1.54) is 180 Å². The van der Waals surface area contributed by atoms with Crippen molar-refractivity contribution in [1.29, 1.82) is 0 Å². The summed E-state index contributed by atoms with van der Waals surface area (Å²) >= 11 is 0. The summed E-state index contributed by atoms with van der Waals surface area (Å²) in [5.74, 6) is -0.0427. The van der Waals surface area contributed by atoms with Crippen LogP contribution < -0.4 is 5.32 Å². The summed E-state index contributed by atoms with van der Waals surface area (Å²) in [6.07, 6.45) is 84.3. The van der Waals surface area contributed by atoms with Crippen LogP contribution in [-0.4, -0.2) is 34.9 Å². The van der Waals surface area contributed by atoms with E-state index in [1.54, 1.807) is 0 Å². The molecular weight excluding hydrogens is 819 g/mol. The molecule has 1 amide bonds. The maximum absolute atomic E-state index is 12.5. The summed E-state index contributed by atoms with van der Waals surface area (Å²) in [7, 11) is 0. The standard InChI is InChI=1S/C63H113NO3/c1-3-5-7-9-11-13-15-17-19-21-23-25-27-29-31-32-33-35-37-39-41-43-45-47-49-51-53-55-57-59-63(67)64-61(60-65)62(66)58-56-54-52-50-48-46-44-42-40-38-36-34-30-28-26-24-22-20-18-16-14-12-10-8-6-4-2/h5,7,11,13,17,19,23,25,29,31,33,35,39,41,61-62,65-66H,3-4,6,8-10,12,14-16,18,20-22,24,26-28,30,32,34,36-38,40,42-60H2,1-2H3,(H,64,67)/b7-5-,13-11-,19-17-,25-23-,31-29-,35-33-,41-39-. The fourth-order valence-electron chi connectivity index (χ4n) is 8.76. The minimum Gasteiger partial charge on any atom is -0.394 e. The summed E-state index contributed by atoms with van der Waals surface area (Å²) in [6.45, 7) is 4.26. The number of carbonyl (C=O) groups excluding carboxylic acids is 1. The molecule has 0 aliphatic carbocycles. The number of hydrogen-bond acceptors (Lipinski definition) is 3. The van der Waals surface area contributed by atoms with Gasteiger partial charge in [-0.1, -0.05) is 298 Å². The lowest BCUT2D eigenvalue weighted by Crippen LogP contribution is -2.45. The first-order chi connectivity index (χ1) is 33.2. The van der Waals surface area contributed by atoms with Gasteiger partial charge in [-0.2, -0.15) is 0 Å². The molecular formula is C63H113NO3. The molecule has 4 nitrogen and oxygen atoms in total. The third-order valence-electron chi connectivity index (χ3n) is 13.2. The first-order valence-corrected chi connectivity index (χ1v) is 29.3. The molecule has 0 aromatic heterocycles. The molecule has 0 heterocycles. The summed E-state index contributed by atoms with van der Waals surface area (Å²) < 4.78 is 0. The predicted molar refractivity (Wildman–Crippen MR) is 299 cm³/mol. The Labute approximate surface area is 418 Å². The summed E-state index contributed by atoms with van der Waals surface area (Å²) in [6, 6.07) is -0.550. The van der Waals surface area contributed by atoms with E-state index in [0.717, 1.165) is 83.5 Å². The van der Waals surface area contributed by atoms with Crippen LogP contribution in [-0.2, 0) is 4.79 Å². The Bertz CT molecular complexity index is 1190. The van der Waals surface area contributed by atoms with E-state index in [1.807, 2.05) is 0 Å². The van der Waals surface area contributed by atoms with Gasteiger partial charge in [0.1, 0.15) is 0 Å². The van der Waals surface area contributed by atoms with Crippen molar-refractivity contribution in [2.45, 2.75) is 302 Å². The molecule has 2 unspecified atom stereocenters. The number of amides is 1. The lowest BCUT2D eigenvalue weighted by molar-refractivity contribution is -0.123. The van der Waals surface area contributed by atoms with E-state index in [9.17, 15) is 15.0 Å². The fourth-order valence-corrected chi connectivity index (χ4v) is 8.76. The van der Waals surface area contributed by atoms with Gasteiger partial charge in [-0.3, -0.25) is 4.79 Å². The molecule has 388 valence electrons. The lowest BCUT2D eigenvalue weighted by Gasteiger charge is -2.22. The van der Waals surface area contributed by atoms with E-state index in [4.69, 9.17) is 0 Å². The van der Waals surface area contributed by atoms with Gasteiger partial charge in [-0.25, -0.2) is 0 Å². The van der Waals surface area contributed by atoms with Gasteiger partial charge >= 0.3 is 0 Å². The molecule has 0 rings (SSSR count). The van der Waals surface area contributed by atoms with Crippen LogP contribution in [0, 0.1) is 0 Å². The van der Waals surface area contributed by atoms with E-state index < -0.39 is 12.1 Å². The second-order valence-corrected chi connectivity index (χ2v) is 19.7. The molecule has 4 heteroatoms. The molecule has 0 aliphatic rings. The molecule has 0 fully saturated rings. The molecule has 0 saturated carbocycles. The fraction of sp³-hybridized carbons (Fsp3) is 0.762. The number of rotatable bonds is 53. The molecule has 0 radical (unpaired) electrons. The maximum atomic E-state index is 12.5. The van der Waals surface area contributed by atoms with Gasteiger partial charge in [0.25, 0.3) is 0 Å². The summed E-state index contributed by atoms with van der Waals surface area (Å²) in [5, 5.41) is 23.4. The predicted octanol–water partition coefficient (Wildman–Crippen LogP) is 19.5. The SMILES string of the molecule is CC/C=C\C/C=C\C/C=C\C/C=C\C/C=C\C/C=C\C/C=C\CCCCCCCCCC(=O)NC(CO)C(O)CCCCCCCCCCCCCCCCCCCCCCCCCCCC. The zero-order valence-electron chi connectivity index (χ0n) is 44.7. The van der Waals surface area contributed by atoms with Crippen LogP contribution in [0.15, 0.2) is 85.1 Å². The van der Waals surface area contributed by atoms with Crippen molar-refractivity contribution in [3.8, 4) is 0 Å². The summed E-state index contributed by atoms with van der Waals surface area (Å²) in [4.78, 5) is 12.5. The number of unbranched alkanes of at least 4 members (excludes halogenated alkanes) is 32. The molecule has 0 aliphatic heterocycles. The molecule has 0 aromatic carbocycles. The van der Waals surface area contributed by atoms with Crippen molar-refractivity contribution in [1.82, 2.24) is 5.32 Å². The highest BCUT2D eigenvalue weighted by Crippen LogP contribution is 2.17. The Morgan fingerprint density at radius 2 is 0.657 bits per heavy atom. The van der Waals surface area contributed by atoms with E-state index >= 15 is 0 Å². The van der Waals surface area contributed by atoms with E-state index in [0.29, 0.717) is 12.8 Å². The highest BCUT2D eigenvalue weighted by atomic mass is 16.3. The van der Waals surface area contributed by atoms with Gasteiger partial charge in [0.15, 0.2) is 0 Å². The Hall–Kier alpha value is -2.43. The molecule has 0 spiro atoms. The number of nitrogens with one attached hydrogen (secondary N) is 1. The number of carbonyl (C=O) groups is 1. The van der Waals surface area contributed by atoms with Gasteiger partial charge in [0, 0.05) is 6.42 Å². The number of allylic oxidation sites excluding steroid dienone is 14. The topological polar surface area (TPSA) is 69.6 Å². The highest BCUT2D eigenvalue weighted by Gasteiger charge is 2.20. The monoisotopic (exact) mass is 932 g/mol. The van der Waals surface area contributed by atoms with Crippen LogP contribution in [0.3, 0.4) is 0 Å². The third kappa shape index (κ3) is 54.4. The first kappa shape index (κ1) is 64.6. The molecule has 0 aromatic rings. The van der Waals surface area contributed by atoms with Crippen molar-refractivity contribution < 1.29 is 15.0 Å². The second kappa shape index (κ2) is 57.9. The van der Waals surface area contributed by atoms with Crippen molar-refractivity contribution in [3.63, 3.8) is 0 Å². The normalized spacial score (nSPS) is 13.4. The smallest absolute Gasteiger partial charge is 0.220 e. The Morgan fingerprint density at radius 1 is 0.373 bits per heavy atom. The highest BCUT2D eigenvalue weighted by molar-refractivity contribution is 5.76. The zero-order valence-corrected chi connectivity index (χ0v) is 44.7. The van der Waals surface area contributed by atoms with Gasteiger partial charge in [0.2, 0.25) is 5.91 Å². The second-order valence-electron chi connectivity index (χ2n) is 19.7. The minimum absolute atomic E-state index is 0.0427. The Morgan fingerprint density at radius 3 is 0.985 bits per heavy atom. The van der Waals surface area contributed by atoms with Gasteiger partial charge in [-0.05, 0) is 70.6 Å². The van der Waals surface area contributed by atoms with Crippen LogP contribution in [0.1, 0.15) is 290 Å². The van der Waals surface area contributed by atoms with Gasteiger partial charge in [0.05, 0.1) is 18.8 Å². The Balaban J connectivity index is 3.53. The van der Waals surface area contributed by atoms with Crippen molar-refractivity contribution in [3.05, 3.63) is 85.1 Å². The maximum Gasteiger partial charge on any atom is 0.220 e. The van der Waals surface area contributed by atoms with Crippen molar-refractivity contribution in [2.75, 3.05) is 6.61 Å². The largest absolute Gasteiger partial charge is 0.394 e. The molecule has 2 atom stereocenters. The van der Waals surface area contributed by atoms with Crippen LogP contribution in [0.25, 0.3) is 0 Å². The van der Waals surface area contributed by atoms with Gasteiger partial charge < -0.3 is 15.5 Å². The van der Waals surface area contributed by atoms with Crippen LogP contribution >= 0.6 is 0 Å². The van der Waals surface area contributed by atoms with Crippen LogP contribution in [0.2, 0.25) is 0 Å². The molecule has 67 heavy (non-hydrogen) atoms. The van der Waals surface area contributed by atoms with E-state index in [-0.39, 0.29) is 12.5 Å². The van der Waals surface area contributed by atoms with Crippen LogP contribution in [0.4, 0.5) is 0 Å². The van der Waals surface area contributed by atoms with Crippen LogP contribution in [0.5, 0.6) is 0 Å². The van der Waals surface area contributed by atoms with E-state index in [2.05, 4.69) is 104 Å². The van der Waals surface area contributed by atoms with Gasteiger partial charge in [-0.15, -0.1) is 0 Å². The number of aliphatic hydroxyl groups is 2. The van der Waals surface area contributed by atoms with Crippen molar-refractivity contribution in [2.24, 2.45) is 0 Å². The zero-order chi connectivity index (χ0) is 48.5. The average molecular weight is 933 g/mol. The number of aliphatic hydroxyl groups excluding tert-OH is 2. The lowest BCUT2D eigenvalue weighted by atomic mass is 10.0. The minimum atomic E-state index is -0.671. The Kier molecular flexibility index (Phi) is 55.8. The van der Waals surface area contributed by atoms with Crippen molar-refractivity contribution >= 4 is 5.91 Å². The molecule has 3 N–H and O–H groups in total. The summed E-state index contributed by atoms with van der Waals surface area (Å²) in [5.41, 5.74) is 0.